The number of hydrogen-bond donors (Lipinski definition) is 2. The van der Waals surface area contributed by atoms with Crippen molar-refractivity contribution in [2.75, 3.05) is 17.2 Å². The summed E-state index contributed by atoms with van der Waals surface area (Å²) in [7, 11) is 0. The van der Waals surface area contributed by atoms with Gasteiger partial charge >= 0.3 is 0 Å². The highest BCUT2D eigenvalue weighted by atomic mass is 79.9. The van der Waals surface area contributed by atoms with Crippen molar-refractivity contribution in [2.24, 2.45) is 0 Å². The highest BCUT2D eigenvalue weighted by Gasteiger charge is 2.33. The minimum Gasteiger partial charge on any atom is -0.399 e. The molecule has 1 aromatic carbocycles. The number of imide groups is 1. The molecule has 0 spiro atoms. The molecule has 0 aromatic heterocycles. The fraction of sp³-hybridized carbons (Fsp3) is 0.333. The van der Waals surface area contributed by atoms with Crippen molar-refractivity contribution in [1.29, 1.82) is 0 Å². The number of nitrogens with zero attached hydrogens (tertiary/aromatic N) is 1. The Hall–Kier alpha value is -1.56. The van der Waals surface area contributed by atoms with Gasteiger partial charge in [0.15, 0.2) is 0 Å². The van der Waals surface area contributed by atoms with Gasteiger partial charge in [-0.25, -0.2) is 0 Å². The molecule has 5 nitrogen and oxygen atoms in total. The molecule has 1 saturated heterocycles. The summed E-state index contributed by atoms with van der Waals surface area (Å²) >= 11 is 3.41. The van der Waals surface area contributed by atoms with Crippen LogP contribution in [-0.2, 0) is 9.59 Å². The number of carbonyl (C=O) groups excluding carboxylic acids is 2. The van der Waals surface area contributed by atoms with Gasteiger partial charge in [0.1, 0.15) is 6.04 Å². The van der Waals surface area contributed by atoms with Crippen molar-refractivity contribution in [2.45, 2.75) is 19.4 Å². The molecule has 0 bridgehead atoms. The van der Waals surface area contributed by atoms with Crippen LogP contribution in [0.1, 0.15) is 13.3 Å². The molecule has 1 aromatic rings. The highest BCUT2D eigenvalue weighted by Crippen LogP contribution is 2.31. The van der Waals surface area contributed by atoms with E-state index < -0.39 is 0 Å². The Labute approximate surface area is 113 Å². The molecule has 6 heteroatoms. The van der Waals surface area contributed by atoms with Gasteiger partial charge in [0.25, 0.3) is 0 Å². The summed E-state index contributed by atoms with van der Waals surface area (Å²) < 4.78 is 0.781. The number of benzene rings is 1. The number of nitrogens with two attached hydrogens (primary N) is 1. The third-order valence-corrected chi connectivity index (χ3v) is 3.56. The van der Waals surface area contributed by atoms with Crippen LogP contribution in [0.15, 0.2) is 22.7 Å². The number of rotatable bonds is 2. The van der Waals surface area contributed by atoms with Crippen molar-refractivity contribution in [3.63, 3.8) is 0 Å². The number of amides is 2. The first kappa shape index (κ1) is 12.9. The van der Waals surface area contributed by atoms with Gasteiger partial charge in [-0.15, -0.1) is 0 Å². The molecular weight excluding hydrogens is 298 g/mol. The summed E-state index contributed by atoms with van der Waals surface area (Å²) in [4.78, 5) is 25.1. The maximum absolute atomic E-state index is 11.8. The molecule has 2 amide bonds. The van der Waals surface area contributed by atoms with Crippen LogP contribution in [0, 0.1) is 0 Å². The van der Waals surface area contributed by atoms with E-state index in [1.54, 1.807) is 17.0 Å². The Morgan fingerprint density at radius 2 is 2.22 bits per heavy atom. The minimum atomic E-state index is -0.331. The van der Waals surface area contributed by atoms with E-state index in [9.17, 15) is 9.59 Å². The molecule has 1 unspecified atom stereocenters. The normalized spacial score (nSPS) is 19.9. The Morgan fingerprint density at radius 3 is 2.83 bits per heavy atom. The fourth-order valence-corrected chi connectivity index (χ4v) is 2.71. The van der Waals surface area contributed by atoms with Crippen molar-refractivity contribution >= 4 is 39.1 Å². The van der Waals surface area contributed by atoms with Gasteiger partial charge in [0.2, 0.25) is 11.8 Å². The summed E-state index contributed by atoms with van der Waals surface area (Å²) in [6.45, 7) is 2.09. The van der Waals surface area contributed by atoms with Crippen LogP contribution >= 0.6 is 15.9 Å². The summed E-state index contributed by atoms with van der Waals surface area (Å²) in [5, 5.41) is 2.35. The molecule has 1 heterocycles. The third kappa shape index (κ3) is 2.33. The van der Waals surface area contributed by atoms with Gasteiger partial charge in [-0.1, -0.05) is 6.92 Å². The monoisotopic (exact) mass is 311 g/mol. The lowest BCUT2D eigenvalue weighted by Gasteiger charge is -2.35. The Bertz CT molecular complexity index is 504. The van der Waals surface area contributed by atoms with Crippen molar-refractivity contribution in [1.82, 2.24) is 5.32 Å². The van der Waals surface area contributed by atoms with Gasteiger partial charge in [0.05, 0.1) is 12.2 Å². The molecular formula is C12H14BrN3O2. The molecule has 1 atom stereocenters. The van der Waals surface area contributed by atoms with Gasteiger partial charge in [0, 0.05) is 10.2 Å². The molecule has 1 aliphatic rings. The maximum atomic E-state index is 11.8. The average Bonchev–Trinajstić information content (AvgIpc) is 2.28. The van der Waals surface area contributed by atoms with Crippen LogP contribution in [0.2, 0.25) is 0 Å². The average molecular weight is 312 g/mol. The number of nitrogen functional groups attached to an aromatic ring is 1. The second kappa shape index (κ2) is 4.97. The molecule has 0 aliphatic carbocycles. The van der Waals surface area contributed by atoms with E-state index in [0.29, 0.717) is 12.1 Å². The molecule has 1 aliphatic heterocycles. The predicted octanol–water partition coefficient (Wildman–Crippen LogP) is 1.27. The zero-order chi connectivity index (χ0) is 13.3. The van der Waals surface area contributed by atoms with Crippen LogP contribution in [0.5, 0.6) is 0 Å². The number of nitrogens with one attached hydrogen (secondary N) is 1. The lowest BCUT2D eigenvalue weighted by molar-refractivity contribution is -0.132. The fourth-order valence-electron chi connectivity index (χ4n) is 2.08. The zero-order valence-corrected chi connectivity index (χ0v) is 11.5. The van der Waals surface area contributed by atoms with Crippen molar-refractivity contribution in [3.8, 4) is 0 Å². The van der Waals surface area contributed by atoms with E-state index in [-0.39, 0.29) is 24.4 Å². The topological polar surface area (TPSA) is 75.4 Å². The Morgan fingerprint density at radius 1 is 1.50 bits per heavy atom. The largest absolute Gasteiger partial charge is 0.399 e. The second-order valence-corrected chi connectivity index (χ2v) is 5.03. The molecule has 18 heavy (non-hydrogen) atoms. The molecule has 0 radical (unpaired) electrons. The van der Waals surface area contributed by atoms with Crippen molar-refractivity contribution < 1.29 is 9.59 Å². The van der Waals surface area contributed by atoms with E-state index >= 15 is 0 Å². The van der Waals surface area contributed by atoms with Crippen LogP contribution < -0.4 is 16.0 Å². The second-order valence-electron chi connectivity index (χ2n) is 4.18. The zero-order valence-electron chi connectivity index (χ0n) is 9.94. The molecule has 2 rings (SSSR count). The third-order valence-electron chi connectivity index (χ3n) is 2.92. The molecule has 1 fully saturated rings. The smallest absolute Gasteiger partial charge is 0.249 e. The van der Waals surface area contributed by atoms with Crippen LogP contribution in [0.3, 0.4) is 0 Å². The molecule has 0 saturated carbocycles. The minimum absolute atomic E-state index is 0.173. The molecule has 96 valence electrons. The first-order chi connectivity index (χ1) is 8.52. The van der Waals surface area contributed by atoms with Gasteiger partial charge in [-0.3, -0.25) is 14.9 Å². The highest BCUT2D eigenvalue weighted by molar-refractivity contribution is 9.10. The number of hydrogen-bond acceptors (Lipinski definition) is 4. The first-order valence-corrected chi connectivity index (χ1v) is 6.47. The van der Waals surface area contributed by atoms with E-state index in [1.165, 1.54) is 0 Å². The van der Waals surface area contributed by atoms with E-state index in [0.717, 1.165) is 10.2 Å². The lowest BCUT2D eigenvalue weighted by Crippen LogP contribution is -2.58. The number of halogens is 1. The van der Waals surface area contributed by atoms with Crippen LogP contribution in [-0.4, -0.2) is 24.4 Å². The Kier molecular flexibility index (Phi) is 3.56. The molecule has 3 N–H and O–H groups in total. The Balaban J connectivity index is 2.39. The maximum Gasteiger partial charge on any atom is 0.249 e. The first-order valence-electron chi connectivity index (χ1n) is 5.68. The number of carbonyl (C=O) groups is 2. The van der Waals surface area contributed by atoms with Crippen LogP contribution in [0.25, 0.3) is 0 Å². The number of piperazine rings is 1. The van der Waals surface area contributed by atoms with Gasteiger partial charge in [-0.05, 0) is 40.5 Å². The standard InChI is InChI=1S/C12H14BrN3O2/c1-2-9-12(18)15-11(17)6-16(9)10-4-3-7(14)5-8(10)13/h3-5,9H,2,6,14H2,1H3,(H,15,17,18). The van der Waals surface area contributed by atoms with Gasteiger partial charge in [-0.2, -0.15) is 0 Å². The van der Waals surface area contributed by atoms with E-state index in [4.69, 9.17) is 5.73 Å². The SMILES string of the molecule is CCC1C(=O)NC(=O)CN1c1ccc(N)cc1Br. The van der Waals surface area contributed by atoms with E-state index in [2.05, 4.69) is 21.2 Å². The predicted molar refractivity (Wildman–Crippen MR) is 73.1 cm³/mol. The quantitative estimate of drug-likeness (QED) is 0.637. The number of anilines is 2. The summed E-state index contributed by atoms with van der Waals surface area (Å²) in [5.74, 6) is -0.536. The van der Waals surface area contributed by atoms with Gasteiger partial charge < -0.3 is 10.6 Å². The summed E-state index contributed by atoms with van der Waals surface area (Å²) in [5.41, 5.74) is 7.12. The summed E-state index contributed by atoms with van der Waals surface area (Å²) in [6, 6.07) is 5.00. The summed E-state index contributed by atoms with van der Waals surface area (Å²) in [6.07, 6.45) is 0.635. The van der Waals surface area contributed by atoms with Crippen molar-refractivity contribution in [3.05, 3.63) is 22.7 Å². The van der Waals surface area contributed by atoms with E-state index in [1.807, 2.05) is 13.0 Å². The lowest BCUT2D eigenvalue weighted by atomic mass is 10.1. The van der Waals surface area contributed by atoms with Crippen LogP contribution in [0.4, 0.5) is 11.4 Å².